The molecule has 1 unspecified atom stereocenters. The number of nitrogens with one attached hydrogen (secondary N) is 1. The molecule has 0 spiro atoms. The number of carboxylic acids is 1. The third kappa shape index (κ3) is 3.73. The van der Waals surface area contributed by atoms with Crippen LogP contribution in [0, 0.1) is 5.92 Å². The normalized spacial score (nSPS) is 17.0. The number of carboxylic acid groups (broad SMARTS) is 1. The molecule has 126 valence electrons. The first kappa shape index (κ1) is 16.0. The highest BCUT2D eigenvalue weighted by Gasteiger charge is 2.30. The fourth-order valence-corrected chi connectivity index (χ4v) is 2.78. The summed E-state index contributed by atoms with van der Waals surface area (Å²) >= 11 is 0. The Morgan fingerprint density at radius 1 is 1.25 bits per heavy atom. The van der Waals surface area contributed by atoms with Gasteiger partial charge in [-0.1, -0.05) is 18.2 Å². The van der Waals surface area contributed by atoms with Gasteiger partial charge in [0.25, 0.3) is 0 Å². The van der Waals surface area contributed by atoms with Crippen LogP contribution in [-0.4, -0.2) is 51.4 Å². The van der Waals surface area contributed by atoms with Gasteiger partial charge in [-0.15, -0.1) is 0 Å². The topological polar surface area (TPSA) is 87.5 Å². The van der Waals surface area contributed by atoms with Gasteiger partial charge in [-0.2, -0.15) is 5.10 Å². The molecule has 1 saturated heterocycles. The van der Waals surface area contributed by atoms with E-state index < -0.39 is 11.9 Å². The molecule has 0 radical (unpaired) electrons. The molecule has 0 aliphatic carbocycles. The lowest BCUT2D eigenvalue weighted by molar-refractivity contribution is -0.141. The van der Waals surface area contributed by atoms with Crippen LogP contribution in [-0.2, 0) is 11.2 Å². The maximum absolute atomic E-state index is 12.0. The van der Waals surface area contributed by atoms with Gasteiger partial charge in [0, 0.05) is 32.3 Å². The van der Waals surface area contributed by atoms with E-state index in [-0.39, 0.29) is 12.6 Å². The summed E-state index contributed by atoms with van der Waals surface area (Å²) in [4.78, 5) is 24.5. The number of carbonyl (C=O) groups is 2. The minimum atomic E-state index is -0.836. The average molecular weight is 328 g/mol. The molecule has 1 atom stereocenters. The van der Waals surface area contributed by atoms with Crippen LogP contribution < -0.4 is 5.32 Å². The summed E-state index contributed by atoms with van der Waals surface area (Å²) in [6.07, 6.45) is 3.04. The van der Waals surface area contributed by atoms with Gasteiger partial charge >= 0.3 is 12.0 Å². The number of likely N-dealkylation sites (tertiary alicyclic amines) is 1. The molecule has 7 nitrogen and oxygen atoms in total. The van der Waals surface area contributed by atoms with E-state index in [1.165, 1.54) is 0 Å². The first-order valence-corrected chi connectivity index (χ1v) is 7.99. The van der Waals surface area contributed by atoms with E-state index >= 15 is 0 Å². The Morgan fingerprint density at radius 2 is 2.04 bits per heavy atom. The van der Waals surface area contributed by atoms with Crippen molar-refractivity contribution in [2.24, 2.45) is 5.92 Å². The van der Waals surface area contributed by atoms with Crippen LogP contribution >= 0.6 is 0 Å². The minimum absolute atomic E-state index is 0.207. The molecule has 0 saturated carbocycles. The number of hydrogen-bond acceptors (Lipinski definition) is 3. The van der Waals surface area contributed by atoms with Gasteiger partial charge in [0.1, 0.15) is 0 Å². The highest BCUT2D eigenvalue weighted by Crippen LogP contribution is 2.16. The van der Waals surface area contributed by atoms with Crippen LogP contribution in [0.1, 0.15) is 12.1 Å². The van der Waals surface area contributed by atoms with E-state index in [2.05, 4.69) is 10.4 Å². The van der Waals surface area contributed by atoms with Gasteiger partial charge in [0.05, 0.1) is 17.3 Å². The third-order valence-electron chi connectivity index (χ3n) is 4.15. The monoisotopic (exact) mass is 328 g/mol. The fourth-order valence-electron chi connectivity index (χ4n) is 2.78. The molecular weight excluding hydrogens is 308 g/mol. The van der Waals surface area contributed by atoms with Crippen LogP contribution in [0.25, 0.3) is 5.69 Å². The van der Waals surface area contributed by atoms with E-state index in [0.717, 1.165) is 11.4 Å². The largest absolute Gasteiger partial charge is 0.481 e. The van der Waals surface area contributed by atoms with E-state index in [4.69, 9.17) is 5.11 Å². The van der Waals surface area contributed by atoms with Gasteiger partial charge in [-0.25, -0.2) is 9.48 Å². The molecule has 1 aromatic carbocycles. The lowest BCUT2D eigenvalue weighted by Gasteiger charge is -2.16. The van der Waals surface area contributed by atoms with Gasteiger partial charge in [-0.05, 0) is 24.6 Å². The quantitative estimate of drug-likeness (QED) is 0.871. The molecule has 1 aliphatic rings. The predicted molar refractivity (Wildman–Crippen MR) is 88.0 cm³/mol. The molecule has 1 aromatic heterocycles. The van der Waals surface area contributed by atoms with E-state index in [1.54, 1.807) is 9.58 Å². The molecule has 24 heavy (non-hydrogen) atoms. The Kier molecular flexibility index (Phi) is 4.79. The Balaban J connectivity index is 1.46. The molecule has 2 heterocycles. The first-order chi connectivity index (χ1) is 11.6. The van der Waals surface area contributed by atoms with E-state index in [1.807, 2.05) is 42.6 Å². The summed E-state index contributed by atoms with van der Waals surface area (Å²) < 4.78 is 1.80. The van der Waals surface area contributed by atoms with Gasteiger partial charge < -0.3 is 15.3 Å². The Morgan fingerprint density at radius 3 is 2.75 bits per heavy atom. The smallest absolute Gasteiger partial charge is 0.317 e. The number of urea groups is 1. The van der Waals surface area contributed by atoms with Crippen molar-refractivity contribution in [1.29, 1.82) is 0 Å². The summed E-state index contributed by atoms with van der Waals surface area (Å²) in [5, 5.41) is 16.3. The number of amides is 2. The van der Waals surface area contributed by atoms with Crippen molar-refractivity contribution in [2.45, 2.75) is 12.8 Å². The molecule has 1 aliphatic heterocycles. The zero-order chi connectivity index (χ0) is 16.9. The molecule has 1 fully saturated rings. The van der Waals surface area contributed by atoms with Crippen molar-refractivity contribution >= 4 is 12.0 Å². The minimum Gasteiger partial charge on any atom is -0.481 e. The predicted octanol–water partition coefficient (Wildman–Crippen LogP) is 1.53. The molecule has 2 N–H and O–H groups in total. The number of aliphatic carboxylic acids is 1. The molecule has 2 amide bonds. The van der Waals surface area contributed by atoms with E-state index in [9.17, 15) is 9.59 Å². The van der Waals surface area contributed by atoms with Crippen molar-refractivity contribution in [3.63, 3.8) is 0 Å². The number of benzene rings is 1. The number of para-hydroxylation sites is 1. The number of aromatic nitrogens is 2. The van der Waals surface area contributed by atoms with Crippen molar-refractivity contribution in [1.82, 2.24) is 20.0 Å². The van der Waals surface area contributed by atoms with Crippen molar-refractivity contribution in [3.05, 3.63) is 48.3 Å². The Bertz CT molecular complexity index is 714. The standard InChI is InChI=1S/C17H20N4O3/c22-16(23)13-7-10-20(12-13)17(24)18-9-6-14-8-11-21(19-14)15-4-2-1-3-5-15/h1-5,8,11,13H,6-7,9-10,12H2,(H,18,24)(H,22,23). The number of rotatable bonds is 5. The SMILES string of the molecule is O=C(O)C1CCN(C(=O)NCCc2ccn(-c3ccccc3)n2)C1. The van der Waals surface area contributed by atoms with Crippen molar-refractivity contribution in [2.75, 3.05) is 19.6 Å². The zero-order valence-electron chi connectivity index (χ0n) is 13.3. The van der Waals surface area contributed by atoms with Gasteiger partial charge in [-0.3, -0.25) is 4.79 Å². The summed E-state index contributed by atoms with van der Waals surface area (Å²) in [7, 11) is 0. The maximum Gasteiger partial charge on any atom is 0.317 e. The average Bonchev–Trinajstić information content (AvgIpc) is 3.25. The van der Waals surface area contributed by atoms with Crippen molar-refractivity contribution < 1.29 is 14.7 Å². The molecule has 3 rings (SSSR count). The van der Waals surface area contributed by atoms with Crippen LogP contribution in [0.5, 0.6) is 0 Å². The highest BCUT2D eigenvalue weighted by molar-refractivity contribution is 5.77. The second-order valence-corrected chi connectivity index (χ2v) is 5.84. The van der Waals surface area contributed by atoms with Crippen LogP contribution in [0.2, 0.25) is 0 Å². The summed E-state index contributed by atoms with van der Waals surface area (Å²) in [5.41, 5.74) is 1.88. The lowest BCUT2D eigenvalue weighted by atomic mass is 10.1. The Hall–Kier alpha value is -2.83. The first-order valence-electron chi connectivity index (χ1n) is 7.99. The Labute approximate surface area is 139 Å². The summed E-state index contributed by atoms with van der Waals surface area (Å²) in [5.74, 6) is -1.28. The molecule has 2 aromatic rings. The number of nitrogens with zero attached hydrogens (tertiary/aromatic N) is 3. The third-order valence-corrected chi connectivity index (χ3v) is 4.15. The zero-order valence-corrected chi connectivity index (χ0v) is 13.3. The van der Waals surface area contributed by atoms with Gasteiger partial charge in [0.15, 0.2) is 0 Å². The van der Waals surface area contributed by atoms with E-state index in [0.29, 0.717) is 25.9 Å². The lowest BCUT2D eigenvalue weighted by Crippen LogP contribution is -2.39. The highest BCUT2D eigenvalue weighted by atomic mass is 16.4. The molecule has 0 bridgehead atoms. The molecular formula is C17H20N4O3. The summed E-state index contributed by atoms with van der Waals surface area (Å²) in [6.45, 7) is 1.24. The van der Waals surface area contributed by atoms with Crippen LogP contribution in [0.3, 0.4) is 0 Å². The van der Waals surface area contributed by atoms with Crippen LogP contribution in [0.15, 0.2) is 42.6 Å². The van der Waals surface area contributed by atoms with Gasteiger partial charge in [0.2, 0.25) is 0 Å². The molecule has 7 heteroatoms. The maximum atomic E-state index is 12.0. The van der Waals surface area contributed by atoms with Crippen LogP contribution in [0.4, 0.5) is 4.79 Å². The second-order valence-electron chi connectivity index (χ2n) is 5.84. The van der Waals surface area contributed by atoms with Crippen molar-refractivity contribution in [3.8, 4) is 5.69 Å². The number of carbonyl (C=O) groups excluding carboxylic acids is 1. The second kappa shape index (κ2) is 7.16. The fraction of sp³-hybridized carbons (Fsp3) is 0.353. The summed E-state index contributed by atoms with van der Waals surface area (Å²) in [6, 6.07) is 11.5. The number of hydrogen-bond donors (Lipinski definition) is 2.